The van der Waals surface area contributed by atoms with Gasteiger partial charge >= 0.3 is 0 Å². The fourth-order valence-electron chi connectivity index (χ4n) is 1.81. The Labute approximate surface area is 137 Å². The molecule has 0 saturated heterocycles. The summed E-state index contributed by atoms with van der Waals surface area (Å²) in [6.45, 7) is -0.0820. The van der Waals surface area contributed by atoms with E-state index in [1.54, 1.807) is 23.6 Å². The van der Waals surface area contributed by atoms with Crippen LogP contribution in [0.2, 0.25) is 10.0 Å². The number of halogens is 2. The van der Waals surface area contributed by atoms with Crippen molar-refractivity contribution in [3.05, 3.63) is 50.1 Å². The molecule has 21 heavy (non-hydrogen) atoms. The van der Waals surface area contributed by atoms with Crippen molar-refractivity contribution in [2.45, 2.75) is 17.9 Å². The molecule has 0 bridgehead atoms. The van der Waals surface area contributed by atoms with Gasteiger partial charge in [-0.1, -0.05) is 29.3 Å². The molecule has 2 rings (SSSR count). The second-order valence-corrected chi connectivity index (χ2v) is 7.83. The van der Waals surface area contributed by atoms with Crippen LogP contribution in [0, 0.1) is 0 Å². The summed E-state index contributed by atoms with van der Waals surface area (Å²) in [4.78, 5) is 0.546. The van der Waals surface area contributed by atoms with Crippen LogP contribution < -0.4 is 4.72 Å². The minimum Gasteiger partial charge on any atom is -0.391 e. The maximum atomic E-state index is 12.1. The van der Waals surface area contributed by atoms with Crippen LogP contribution in [0.4, 0.5) is 0 Å². The third-order valence-electron chi connectivity index (χ3n) is 2.84. The van der Waals surface area contributed by atoms with E-state index in [1.807, 2.05) is 0 Å². The topological polar surface area (TPSA) is 66.4 Å². The lowest BCUT2D eigenvalue weighted by Gasteiger charge is -2.08. The Morgan fingerprint density at radius 3 is 2.67 bits per heavy atom. The lowest BCUT2D eigenvalue weighted by Crippen LogP contribution is -2.26. The van der Waals surface area contributed by atoms with E-state index in [-0.39, 0.29) is 18.0 Å². The second kappa shape index (κ2) is 7.09. The summed E-state index contributed by atoms with van der Waals surface area (Å²) >= 11 is 13.0. The molecule has 0 radical (unpaired) electrons. The van der Waals surface area contributed by atoms with Crippen LogP contribution in [0.1, 0.15) is 10.4 Å². The van der Waals surface area contributed by atoms with E-state index >= 15 is 0 Å². The van der Waals surface area contributed by atoms with Gasteiger partial charge in [0.15, 0.2) is 0 Å². The van der Waals surface area contributed by atoms with Crippen LogP contribution in [0.5, 0.6) is 0 Å². The average molecular weight is 366 g/mol. The standard InChI is InChI=1S/C13H13Cl2NO3S2/c14-10-2-1-9(11(15)7-10)3-5-16-21(18,19)13-4-6-20-12(13)8-17/h1-2,4,6-7,16-17H,3,5,8H2. The van der Waals surface area contributed by atoms with Gasteiger partial charge in [0, 0.05) is 21.5 Å². The van der Waals surface area contributed by atoms with Gasteiger partial charge in [-0.15, -0.1) is 11.3 Å². The van der Waals surface area contributed by atoms with Crippen molar-refractivity contribution in [3.63, 3.8) is 0 Å². The van der Waals surface area contributed by atoms with Gasteiger partial charge in [-0.25, -0.2) is 13.1 Å². The molecular weight excluding hydrogens is 353 g/mol. The van der Waals surface area contributed by atoms with E-state index in [1.165, 1.54) is 17.4 Å². The summed E-state index contributed by atoms with van der Waals surface area (Å²) in [6.07, 6.45) is 0.452. The van der Waals surface area contributed by atoms with Gasteiger partial charge in [-0.2, -0.15) is 0 Å². The van der Waals surface area contributed by atoms with Gasteiger partial charge in [0.2, 0.25) is 10.0 Å². The highest BCUT2D eigenvalue weighted by Gasteiger charge is 2.18. The molecule has 0 aliphatic rings. The Bertz CT molecular complexity index is 729. The Morgan fingerprint density at radius 1 is 1.24 bits per heavy atom. The van der Waals surface area contributed by atoms with Crippen molar-refractivity contribution in [1.82, 2.24) is 4.72 Å². The third kappa shape index (κ3) is 4.18. The molecule has 2 aromatic rings. The molecule has 0 saturated carbocycles. The van der Waals surface area contributed by atoms with E-state index in [4.69, 9.17) is 28.3 Å². The first-order chi connectivity index (χ1) is 9.94. The number of hydrogen-bond acceptors (Lipinski definition) is 4. The molecule has 1 aromatic heterocycles. The fraction of sp³-hybridized carbons (Fsp3) is 0.231. The number of sulfonamides is 1. The van der Waals surface area contributed by atoms with Gasteiger partial charge in [0.25, 0.3) is 0 Å². The summed E-state index contributed by atoms with van der Waals surface area (Å²) in [5, 5.41) is 11.8. The van der Waals surface area contributed by atoms with Gasteiger partial charge in [0.05, 0.1) is 11.5 Å². The zero-order valence-electron chi connectivity index (χ0n) is 10.8. The molecular formula is C13H13Cl2NO3S2. The first kappa shape index (κ1) is 16.7. The number of aliphatic hydroxyl groups excluding tert-OH is 1. The van der Waals surface area contributed by atoms with Crippen LogP contribution >= 0.6 is 34.5 Å². The fourth-order valence-corrected chi connectivity index (χ4v) is 4.63. The molecule has 0 aliphatic carbocycles. The molecule has 0 atom stereocenters. The molecule has 2 N–H and O–H groups in total. The van der Waals surface area contributed by atoms with Crippen molar-refractivity contribution in [1.29, 1.82) is 0 Å². The van der Waals surface area contributed by atoms with Crippen LogP contribution in [0.3, 0.4) is 0 Å². The maximum absolute atomic E-state index is 12.1. The minimum absolute atomic E-state index is 0.122. The SMILES string of the molecule is O=S(=O)(NCCc1ccc(Cl)cc1Cl)c1ccsc1CO. The number of aliphatic hydroxyl groups is 1. The van der Waals surface area contributed by atoms with E-state index in [0.29, 0.717) is 21.3 Å². The van der Waals surface area contributed by atoms with Crippen molar-refractivity contribution in [2.75, 3.05) is 6.54 Å². The second-order valence-electron chi connectivity index (χ2n) is 4.25. The Morgan fingerprint density at radius 2 is 2.00 bits per heavy atom. The molecule has 0 spiro atoms. The number of nitrogens with one attached hydrogen (secondary N) is 1. The minimum atomic E-state index is -3.62. The molecule has 0 unspecified atom stereocenters. The van der Waals surface area contributed by atoms with Gasteiger partial charge in [-0.3, -0.25) is 0 Å². The van der Waals surface area contributed by atoms with Crippen molar-refractivity contribution in [3.8, 4) is 0 Å². The first-order valence-corrected chi connectivity index (χ1v) is 9.17. The summed E-state index contributed by atoms with van der Waals surface area (Å²) < 4.78 is 26.8. The number of hydrogen-bond donors (Lipinski definition) is 2. The number of benzene rings is 1. The zero-order valence-corrected chi connectivity index (χ0v) is 14.0. The smallest absolute Gasteiger partial charge is 0.241 e. The molecule has 0 aliphatic heterocycles. The van der Waals surface area contributed by atoms with Gasteiger partial charge < -0.3 is 5.11 Å². The monoisotopic (exact) mass is 365 g/mol. The van der Waals surface area contributed by atoms with Crippen LogP contribution in [-0.2, 0) is 23.1 Å². The maximum Gasteiger partial charge on any atom is 0.241 e. The summed E-state index contributed by atoms with van der Waals surface area (Å²) in [7, 11) is -3.62. The van der Waals surface area contributed by atoms with Crippen LogP contribution in [0.15, 0.2) is 34.5 Å². The number of thiophene rings is 1. The molecule has 114 valence electrons. The summed E-state index contributed by atoms with van der Waals surface area (Å²) in [5.74, 6) is 0. The van der Waals surface area contributed by atoms with E-state index in [9.17, 15) is 8.42 Å². The lowest BCUT2D eigenvalue weighted by atomic mass is 10.1. The highest BCUT2D eigenvalue weighted by atomic mass is 35.5. The number of rotatable bonds is 6. The molecule has 8 heteroatoms. The van der Waals surface area contributed by atoms with Crippen molar-refractivity contribution in [2.24, 2.45) is 0 Å². The van der Waals surface area contributed by atoms with Crippen molar-refractivity contribution >= 4 is 44.6 Å². The summed E-state index contributed by atoms with van der Waals surface area (Å²) in [5.41, 5.74) is 0.816. The van der Waals surface area contributed by atoms with E-state index < -0.39 is 10.0 Å². The molecule has 1 aromatic carbocycles. The largest absolute Gasteiger partial charge is 0.391 e. The predicted molar refractivity (Wildman–Crippen MR) is 85.6 cm³/mol. The normalized spacial score (nSPS) is 11.8. The highest BCUT2D eigenvalue weighted by molar-refractivity contribution is 7.89. The average Bonchev–Trinajstić information content (AvgIpc) is 2.90. The third-order valence-corrected chi connectivity index (χ3v) is 6.01. The quantitative estimate of drug-likeness (QED) is 0.826. The summed E-state index contributed by atoms with van der Waals surface area (Å²) in [6, 6.07) is 6.58. The predicted octanol–water partition coefficient (Wildman–Crippen LogP) is 3.07. The van der Waals surface area contributed by atoms with Crippen LogP contribution in [-0.4, -0.2) is 20.1 Å². The lowest BCUT2D eigenvalue weighted by molar-refractivity contribution is 0.282. The Hall–Kier alpha value is -0.630. The van der Waals surface area contributed by atoms with Crippen molar-refractivity contribution < 1.29 is 13.5 Å². The zero-order chi connectivity index (χ0) is 15.5. The van der Waals surface area contributed by atoms with Crippen LogP contribution in [0.25, 0.3) is 0 Å². The van der Waals surface area contributed by atoms with E-state index in [0.717, 1.165) is 5.56 Å². The molecule has 1 heterocycles. The molecule has 0 fully saturated rings. The first-order valence-electron chi connectivity index (χ1n) is 6.05. The van der Waals surface area contributed by atoms with Gasteiger partial charge in [-0.05, 0) is 35.6 Å². The highest BCUT2D eigenvalue weighted by Crippen LogP contribution is 2.23. The van der Waals surface area contributed by atoms with Gasteiger partial charge in [0.1, 0.15) is 0 Å². The molecule has 4 nitrogen and oxygen atoms in total. The Balaban J connectivity index is 2.02. The Kier molecular flexibility index (Phi) is 5.65. The van der Waals surface area contributed by atoms with E-state index in [2.05, 4.69) is 4.72 Å². The molecule has 0 amide bonds.